The highest BCUT2D eigenvalue weighted by Gasteiger charge is 2.63. The summed E-state index contributed by atoms with van der Waals surface area (Å²) in [6, 6.07) is 5.55. The zero-order valence-electron chi connectivity index (χ0n) is 21.2. The molecule has 1 heterocycles. The summed E-state index contributed by atoms with van der Waals surface area (Å²) < 4.78 is 21.8. The second-order valence-corrected chi connectivity index (χ2v) is 12.5. The number of carbonyl (C=O) groups excluding carboxylic acids is 1. The van der Waals surface area contributed by atoms with E-state index in [1.807, 2.05) is 25.1 Å². The molecule has 190 valence electrons. The number of nitrogens with zero attached hydrogens (tertiary/aromatic N) is 3. The van der Waals surface area contributed by atoms with Gasteiger partial charge in [0.25, 0.3) is 0 Å². The molecule has 4 saturated carbocycles. The van der Waals surface area contributed by atoms with Gasteiger partial charge in [0, 0.05) is 12.0 Å². The van der Waals surface area contributed by atoms with Gasteiger partial charge in [0.2, 0.25) is 0 Å². The Morgan fingerprint density at radius 1 is 1.09 bits per heavy atom. The van der Waals surface area contributed by atoms with Crippen molar-refractivity contribution >= 4 is 16.8 Å². The van der Waals surface area contributed by atoms with Gasteiger partial charge >= 0.3 is 0 Å². The molecule has 35 heavy (non-hydrogen) atoms. The van der Waals surface area contributed by atoms with E-state index in [1.165, 1.54) is 4.80 Å². The average Bonchev–Trinajstić information content (AvgIpc) is 3.38. The number of hydrogen-bond donors (Lipinski definition) is 1. The molecular weight excluding hydrogens is 445 g/mol. The fourth-order valence-electron chi connectivity index (χ4n) is 8.89. The Bertz CT molecular complexity index is 1150. The monoisotopic (exact) mass is 483 g/mol. The number of aliphatic hydroxyl groups is 1. The lowest BCUT2D eigenvalue weighted by Crippen LogP contribution is -2.58. The minimum absolute atomic E-state index is 0.0162. The number of carbonyl (C=O) groups is 1. The highest BCUT2D eigenvalue weighted by atomic mass is 19.1. The first-order valence-corrected chi connectivity index (χ1v) is 13.5. The van der Waals surface area contributed by atoms with Crippen molar-refractivity contribution in [3.8, 4) is 5.75 Å². The number of benzene rings is 1. The van der Waals surface area contributed by atoms with E-state index >= 15 is 4.39 Å². The number of fused-ring (bicyclic) bond motifs is 6. The van der Waals surface area contributed by atoms with Crippen LogP contribution in [0.1, 0.15) is 71.6 Å². The molecule has 1 N–H and O–H groups in total. The summed E-state index contributed by atoms with van der Waals surface area (Å²) in [6.45, 7) is 4.35. The lowest BCUT2D eigenvalue weighted by atomic mass is 9.48. The second kappa shape index (κ2) is 7.99. The fourth-order valence-corrected chi connectivity index (χ4v) is 8.89. The Kier molecular flexibility index (Phi) is 5.34. The number of methoxy groups -OCH3 is 1. The van der Waals surface area contributed by atoms with Crippen LogP contribution in [0.4, 0.5) is 4.39 Å². The van der Waals surface area contributed by atoms with Gasteiger partial charge in [-0.15, -0.1) is 0 Å². The topological polar surface area (TPSA) is 77.2 Å². The maximum atomic E-state index is 16.6. The van der Waals surface area contributed by atoms with E-state index in [0.29, 0.717) is 31.1 Å². The van der Waals surface area contributed by atoms with Crippen LogP contribution in [-0.4, -0.2) is 44.3 Å². The molecule has 0 aliphatic heterocycles. The Morgan fingerprint density at radius 2 is 1.89 bits per heavy atom. The summed E-state index contributed by atoms with van der Waals surface area (Å²) in [6.07, 6.45) is 7.21. The van der Waals surface area contributed by atoms with Gasteiger partial charge in [-0.25, -0.2) is 4.39 Å². The van der Waals surface area contributed by atoms with Crippen LogP contribution in [-0.2, 0) is 11.3 Å². The van der Waals surface area contributed by atoms with Crippen LogP contribution in [0, 0.1) is 35.0 Å². The molecule has 1 unspecified atom stereocenters. The van der Waals surface area contributed by atoms with Gasteiger partial charge in [0.15, 0.2) is 5.78 Å². The van der Waals surface area contributed by atoms with Crippen LogP contribution in [0.2, 0.25) is 0 Å². The van der Waals surface area contributed by atoms with Crippen molar-refractivity contribution in [2.45, 2.75) is 89.4 Å². The molecule has 2 aromatic rings. The first-order chi connectivity index (χ1) is 16.6. The van der Waals surface area contributed by atoms with Crippen LogP contribution in [0.15, 0.2) is 18.2 Å². The molecular formula is C28H38FN3O3. The maximum absolute atomic E-state index is 16.6. The van der Waals surface area contributed by atoms with Gasteiger partial charge in [0.05, 0.1) is 12.7 Å². The normalized spacial score (nSPS) is 42.8. The first-order valence-electron chi connectivity index (χ1n) is 13.5. The van der Waals surface area contributed by atoms with Gasteiger partial charge in [-0.2, -0.15) is 15.0 Å². The molecule has 4 fully saturated rings. The van der Waals surface area contributed by atoms with Crippen LogP contribution in [0.25, 0.3) is 11.0 Å². The molecule has 0 saturated heterocycles. The number of ketones is 1. The quantitative estimate of drug-likeness (QED) is 0.653. The van der Waals surface area contributed by atoms with E-state index in [2.05, 4.69) is 17.1 Å². The SMILES string of the molecule is COc1ccc2nn(CC(=O)[C@H]3CC[C@H]4[C@@H]5CCC6C[C@](C)(O)CC[C@]6(F)[C@H]5CC[C@]34C)nc2c1. The standard InChI is InChI=1S/C28H38FN3O3/c1-26(34)12-13-28(29)17(15-26)4-6-19-20-7-8-22(27(20,2)11-10-21(19)28)25(33)16-32-30-23-9-5-18(35-3)14-24(23)31-32/h5,9,14,17,19-22,34H,4,6-8,10-13,15-16H2,1-3H3/t17?,19-,20-,21-,22+,26+,27-,28+/m0/s1. The number of aromatic nitrogens is 3. The van der Waals surface area contributed by atoms with Crippen molar-refractivity contribution in [2.24, 2.45) is 35.0 Å². The summed E-state index contributed by atoms with van der Waals surface area (Å²) in [5.41, 5.74) is -0.459. The number of ether oxygens (including phenoxy) is 1. The molecule has 4 aliphatic carbocycles. The Morgan fingerprint density at radius 3 is 2.69 bits per heavy atom. The highest BCUT2D eigenvalue weighted by Crippen LogP contribution is 2.66. The summed E-state index contributed by atoms with van der Waals surface area (Å²) >= 11 is 0. The summed E-state index contributed by atoms with van der Waals surface area (Å²) in [5, 5.41) is 19.6. The van der Waals surface area contributed by atoms with Crippen molar-refractivity contribution in [3.05, 3.63) is 18.2 Å². The van der Waals surface area contributed by atoms with Crippen LogP contribution >= 0.6 is 0 Å². The van der Waals surface area contributed by atoms with Gasteiger partial charge in [-0.05, 0) is 106 Å². The zero-order valence-corrected chi connectivity index (χ0v) is 21.2. The molecule has 6 nitrogen and oxygen atoms in total. The molecule has 0 radical (unpaired) electrons. The Labute approximate surface area is 206 Å². The van der Waals surface area contributed by atoms with E-state index in [4.69, 9.17) is 4.74 Å². The minimum atomic E-state index is -1.14. The predicted molar refractivity (Wildman–Crippen MR) is 131 cm³/mol. The molecule has 4 aliphatic rings. The zero-order chi connectivity index (χ0) is 24.6. The molecule has 8 atom stereocenters. The third-order valence-corrected chi connectivity index (χ3v) is 10.6. The lowest BCUT2D eigenvalue weighted by Gasteiger charge is -2.59. The number of Topliss-reactive ketones (excluding diaryl/α,β-unsaturated/α-hetero) is 1. The van der Waals surface area contributed by atoms with Crippen LogP contribution in [0.3, 0.4) is 0 Å². The number of hydrogen-bond acceptors (Lipinski definition) is 5. The summed E-state index contributed by atoms with van der Waals surface area (Å²) in [4.78, 5) is 15.1. The molecule has 0 bridgehead atoms. The summed E-state index contributed by atoms with van der Waals surface area (Å²) in [5.74, 6) is 1.73. The van der Waals surface area contributed by atoms with E-state index in [9.17, 15) is 9.90 Å². The van der Waals surface area contributed by atoms with Crippen molar-refractivity contribution in [1.29, 1.82) is 0 Å². The maximum Gasteiger partial charge on any atom is 0.159 e. The van der Waals surface area contributed by atoms with Crippen LogP contribution < -0.4 is 4.74 Å². The van der Waals surface area contributed by atoms with E-state index in [-0.39, 0.29) is 35.5 Å². The fraction of sp³-hybridized carbons (Fsp3) is 0.750. The molecule has 0 amide bonds. The first kappa shape index (κ1) is 23.4. The average molecular weight is 484 g/mol. The van der Waals surface area contributed by atoms with Crippen LogP contribution in [0.5, 0.6) is 5.75 Å². The molecule has 0 spiro atoms. The van der Waals surface area contributed by atoms with E-state index in [1.54, 1.807) is 7.11 Å². The highest BCUT2D eigenvalue weighted by molar-refractivity contribution is 5.82. The molecule has 6 rings (SSSR count). The van der Waals surface area contributed by atoms with Crippen molar-refractivity contribution < 1.29 is 19.0 Å². The van der Waals surface area contributed by atoms with E-state index < -0.39 is 11.3 Å². The Balaban J connectivity index is 1.19. The van der Waals surface area contributed by atoms with Crippen molar-refractivity contribution in [3.63, 3.8) is 0 Å². The summed E-state index contributed by atoms with van der Waals surface area (Å²) in [7, 11) is 1.62. The molecule has 1 aromatic carbocycles. The number of halogens is 1. The van der Waals surface area contributed by atoms with Gasteiger partial charge in [-0.3, -0.25) is 4.79 Å². The Hall–Kier alpha value is -2.02. The molecule has 1 aromatic heterocycles. The largest absolute Gasteiger partial charge is 0.497 e. The molecule has 7 heteroatoms. The van der Waals surface area contributed by atoms with Crippen molar-refractivity contribution in [1.82, 2.24) is 15.0 Å². The smallest absolute Gasteiger partial charge is 0.159 e. The minimum Gasteiger partial charge on any atom is -0.497 e. The second-order valence-electron chi connectivity index (χ2n) is 12.5. The lowest BCUT2D eigenvalue weighted by molar-refractivity contribution is -0.166. The number of rotatable bonds is 4. The van der Waals surface area contributed by atoms with E-state index in [0.717, 1.165) is 55.3 Å². The third-order valence-electron chi connectivity index (χ3n) is 10.6. The van der Waals surface area contributed by atoms with Gasteiger partial charge < -0.3 is 9.84 Å². The van der Waals surface area contributed by atoms with Crippen molar-refractivity contribution in [2.75, 3.05) is 7.11 Å². The van der Waals surface area contributed by atoms with Gasteiger partial charge in [-0.1, -0.05) is 6.92 Å². The van der Waals surface area contributed by atoms with Gasteiger partial charge in [0.1, 0.15) is 29.0 Å². The number of alkyl halides is 1. The predicted octanol–water partition coefficient (Wildman–Crippen LogP) is 5.12. The third kappa shape index (κ3) is 3.63.